The van der Waals surface area contributed by atoms with Gasteiger partial charge in [-0.05, 0) is 54.1 Å². The van der Waals surface area contributed by atoms with Gasteiger partial charge in [-0.25, -0.2) is 8.42 Å². The van der Waals surface area contributed by atoms with Crippen LogP contribution in [0.1, 0.15) is 5.56 Å². The summed E-state index contributed by atoms with van der Waals surface area (Å²) in [5.41, 5.74) is 1.55. The van der Waals surface area contributed by atoms with E-state index in [1.807, 2.05) is 48.5 Å². The lowest BCUT2D eigenvalue weighted by Crippen LogP contribution is -2.51. The summed E-state index contributed by atoms with van der Waals surface area (Å²) in [4.78, 5) is 17.6. The fourth-order valence-electron chi connectivity index (χ4n) is 4.64. The molecule has 4 aromatic rings. The van der Waals surface area contributed by atoms with E-state index in [0.29, 0.717) is 30.3 Å². The Labute approximate surface area is 242 Å². The minimum absolute atomic E-state index is 0.132. The standard InChI is InChI=1S/C33H33N3O4S/c37-33(35-25-23-34(24-26-35)22-10-13-28-11-4-1-5-12-28)27-36(41(38,39)32-16-8-3-9-17-32)29-18-20-31(21-19-29)40-30-14-6-2-7-15-30/h1-21H,22-27H2/b13-10+. The second-order valence-corrected chi connectivity index (χ2v) is 11.6. The van der Waals surface area contributed by atoms with E-state index in [-0.39, 0.29) is 17.3 Å². The molecule has 5 rings (SSSR count). The molecule has 0 saturated carbocycles. The fourth-order valence-corrected chi connectivity index (χ4v) is 6.08. The second-order valence-electron chi connectivity index (χ2n) is 9.73. The molecular weight excluding hydrogens is 534 g/mol. The van der Waals surface area contributed by atoms with Crippen LogP contribution in [0.3, 0.4) is 0 Å². The van der Waals surface area contributed by atoms with Gasteiger partial charge in [0.2, 0.25) is 5.91 Å². The lowest BCUT2D eigenvalue weighted by Gasteiger charge is -2.35. The topological polar surface area (TPSA) is 70.2 Å². The highest BCUT2D eigenvalue weighted by Gasteiger charge is 2.30. The summed E-state index contributed by atoms with van der Waals surface area (Å²) >= 11 is 0. The third kappa shape index (κ3) is 7.42. The number of nitrogens with zero attached hydrogens (tertiary/aromatic N) is 3. The first-order valence-electron chi connectivity index (χ1n) is 13.6. The van der Waals surface area contributed by atoms with E-state index in [0.717, 1.165) is 25.2 Å². The first kappa shape index (κ1) is 28.1. The number of amides is 1. The van der Waals surface area contributed by atoms with Crippen LogP contribution in [0.5, 0.6) is 11.5 Å². The summed E-state index contributed by atoms with van der Waals surface area (Å²) in [5, 5.41) is 0. The lowest BCUT2D eigenvalue weighted by molar-refractivity contribution is -0.131. The molecule has 0 radical (unpaired) electrons. The quantitative estimate of drug-likeness (QED) is 0.252. The molecule has 0 spiro atoms. The van der Waals surface area contributed by atoms with Crippen LogP contribution in [-0.2, 0) is 14.8 Å². The Morgan fingerprint density at radius 1 is 0.732 bits per heavy atom. The molecule has 0 aliphatic carbocycles. The third-order valence-electron chi connectivity index (χ3n) is 6.91. The molecule has 1 amide bonds. The van der Waals surface area contributed by atoms with Crippen LogP contribution in [-0.4, -0.2) is 63.4 Å². The third-order valence-corrected chi connectivity index (χ3v) is 8.70. The van der Waals surface area contributed by atoms with Crippen molar-refractivity contribution in [3.05, 3.63) is 127 Å². The number of anilines is 1. The zero-order valence-corrected chi connectivity index (χ0v) is 23.6. The number of carbonyl (C=O) groups excluding carboxylic acids is 1. The lowest BCUT2D eigenvalue weighted by atomic mass is 10.2. The van der Waals surface area contributed by atoms with Crippen molar-refractivity contribution in [2.45, 2.75) is 4.90 Å². The van der Waals surface area contributed by atoms with Gasteiger partial charge in [0.25, 0.3) is 10.0 Å². The molecule has 210 valence electrons. The number of ether oxygens (including phenoxy) is 1. The zero-order valence-electron chi connectivity index (χ0n) is 22.7. The van der Waals surface area contributed by atoms with Gasteiger partial charge in [-0.2, -0.15) is 0 Å². The number of hydrogen-bond donors (Lipinski definition) is 0. The number of sulfonamides is 1. The highest BCUT2D eigenvalue weighted by atomic mass is 32.2. The number of piperazine rings is 1. The molecule has 0 atom stereocenters. The SMILES string of the molecule is O=C(CN(c1ccc(Oc2ccccc2)cc1)S(=O)(=O)c1ccccc1)N1CCN(C/C=C/c2ccccc2)CC1. The molecule has 0 unspecified atom stereocenters. The number of para-hydroxylation sites is 1. The fraction of sp³-hybridized carbons (Fsp3) is 0.182. The van der Waals surface area contributed by atoms with Gasteiger partial charge in [-0.3, -0.25) is 14.0 Å². The molecule has 8 heteroatoms. The van der Waals surface area contributed by atoms with Gasteiger partial charge >= 0.3 is 0 Å². The first-order chi connectivity index (χ1) is 20.0. The molecule has 0 N–H and O–H groups in total. The minimum atomic E-state index is -3.98. The molecule has 4 aromatic carbocycles. The van der Waals surface area contributed by atoms with Crippen LogP contribution in [0.15, 0.2) is 126 Å². The highest BCUT2D eigenvalue weighted by Crippen LogP contribution is 2.28. The summed E-state index contributed by atoms with van der Waals surface area (Å²) in [7, 11) is -3.98. The van der Waals surface area contributed by atoms with Crippen LogP contribution >= 0.6 is 0 Å². The molecule has 1 aliphatic heterocycles. The minimum Gasteiger partial charge on any atom is -0.457 e. The van der Waals surface area contributed by atoms with Crippen LogP contribution < -0.4 is 9.04 Å². The van der Waals surface area contributed by atoms with Crippen molar-refractivity contribution < 1.29 is 17.9 Å². The Balaban J connectivity index is 1.26. The number of carbonyl (C=O) groups is 1. The van der Waals surface area contributed by atoms with E-state index in [9.17, 15) is 13.2 Å². The zero-order chi connectivity index (χ0) is 28.5. The molecule has 41 heavy (non-hydrogen) atoms. The second kappa shape index (κ2) is 13.3. The van der Waals surface area contributed by atoms with Crippen LogP contribution in [0.25, 0.3) is 6.08 Å². The van der Waals surface area contributed by atoms with Crippen LogP contribution in [0.4, 0.5) is 5.69 Å². The molecule has 1 fully saturated rings. The molecular formula is C33H33N3O4S. The largest absolute Gasteiger partial charge is 0.457 e. The predicted molar refractivity (Wildman–Crippen MR) is 162 cm³/mol. The van der Waals surface area contributed by atoms with E-state index >= 15 is 0 Å². The molecule has 0 aromatic heterocycles. The summed E-state index contributed by atoms with van der Waals surface area (Å²) in [6, 6.07) is 34.5. The van der Waals surface area contributed by atoms with Gasteiger partial charge in [0.1, 0.15) is 18.0 Å². The average molecular weight is 568 g/mol. The van der Waals surface area contributed by atoms with Crippen molar-refractivity contribution in [1.82, 2.24) is 9.80 Å². The Bertz CT molecular complexity index is 1540. The smallest absolute Gasteiger partial charge is 0.264 e. The molecule has 7 nitrogen and oxygen atoms in total. The molecule has 1 saturated heterocycles. The van der Waals surface area contributed by atoms with Gasteiger partial charge in [-0.15, -0.1) is 0 Å². The van der Waals surface area contributed by atoms with Gasteiger partial charge in [-0.1, -0.05) is 78.9 Å². The molecule has 1 aliphatic rings. The Kier molecular flexibility index (Phi) is 9.13. The average Bonchev–Trinajstić information content (AvgIpc) is 3.02. The monoisotopic (exact) mass is 567 g/mol. The van der Waals surface area contributed by atoms with Crippen molar-refractivity contribution in [2.24, 2.45) is 0 Å². The maximum Gasteiger partial charge on any atom is 0.264 e. The maximum atomic E-state index is 13.7. The van der Waals surface area contributed by atoms with E-state index in [4.69, 9.17) is 4.74 Å². The predicted octanol–water partition coefficient (Wildman–Crippen LogP) is 5.53. The summed E-state index contributed by atoms with van der Waals surface area (Å²) in [6.45, 7) is 3.04. The Hall–Kier alpha value is -4.40. The first-order valence-corrected chi connectivity index (χ1v) is 15.1. The Morgan fingerprint density at radius 3 is 1.93 bits per heavy atom. The highest BCUT2D eigenvalue weighted by molar-refractivity contribution is 7.92. The van der Waals surface area contributed by atoms with Gasteiger partial charge in [0.05, 0.1) is 10.6 Å². The van der Waals surface area contributed by atoms with E-state index in [1.165, 1.54) is 4.31 Å². The van der Waals surface area contributed by atoms with Crippen molar-refractivity contribution in [3.63, 3.8) is 0 Å². The number of rotatable bonds is 10. The number of hydrogen-bond acceptors (Lipinski definition) is 5. The maximum absolute atomic E-state index is 13.7. The summed E-state index contributed by atoms with van der Waals surface area (Å²) < 4.78 is 34.5. The number of benzene rings is 4. The van der Waals surface area contributed by atoms with Crippen molar-refractivity contribution in [1.29, 1.82) is 0 Å². The molecule has 1 heterocycles. The van der Waals surface area contributed by atoms with Gasteiger partial charge in [0.15, 0.2) is 0 Å². The van der Waals surface area contributed by atoms with E-state index in [1.54, 1.807) is 59.5 Å². The van der Waals surface area contributed by atoms with Crippen LogP contribution in [0, 0.1) is 0 Å². The van der Waals surface area contributed by atoms with Gasteiger partial charge < -0.3 is 9.64 Å². The summed E-state index contributed by atoms with van der Waals surface area (Å²) in [6.07, 6.45) is 4.23. The van der Waals surface area contributed by atoms with E-state index < -0.39 is 10.0 Å². The van der Waals surface area contributed by atoms with Crippen molar-refractivity contribution in [2.75, 3.05) is 43.6 Å². The van der Waals surface area contributed by atoms with Crippen molar-refractivity contribution in [3.8, 4) is 11.5 Å². The Morgan fingerprint density at radius 2 is 1.29 bits per heavy atom. The summed E-state index contributed by atoms with van der Waals surface area (Å²) in [5.74, 6) is 1.02. The van der Waals surface area contributed by atoms with Gasteiger partial charge in [0, 0.05) is 32.7 Å². The van der Waals surface area contributed by atoms with E-state index in [2.05, 4.69) is 29.2 Å². The normalized spacial score (nSPS) is 14.2. The molecule has 0 bridgehead atoms. The van der Waals surface area contributed by atoms with Crippen molar-refractivity contribution >= 4 is 27.7 Å². The van der Waals surface area contributed by atoms with Crippen LogP contribution in [0.2, 0.25) is 0 Å².